The summed E-state index contributed by atoms with van der Waals surface area (Å²) in [6.07, 6.45) is -11.0. The number of aliphatic hydroxyl groups excluding tert-OH is 2. The number of benzene rings is 2. The van der Waals surface area contributed by atoms with Gasteiger partial charge >= 0.3 is 24.0 Å². The minimum absolute atomic E-state index is 0.0559. The molecule has 17 heteroatoms. The maximum atomic E-state index is 15.0. The minimum atomic E-state index is -2.36. The molecule has 2 saturated carbocycles. The molecule has 0 spiro atoms. The number of amides is 1. The third-order valence-electron chi connectivity index (χ3n) is 15.0. The molecular weight excluding hydrogens is 867 g/mol. The van der Waals surface area contributed by atoms with Gasteiger partial charge in [0, 0.05) is 56.8 Å². The van der Waals surface area contributed by atoms with Crippen molar-refractivity contribution in [3.63, 3.8) is 0 Å². The summed E-state index contributed by atoms with van der Waals surface area (Å²) in [5.74, 6) is -5.27. The second kappa shape index (κ2) is 19.0. The standard InChI is InChI=1S/C50H67N3O14/c1-29-32(64-44(59)39(65-35(55)20-15-21-53-24-22-52(8)23-25-53)37(30-16-11-9-12-17-30)51-45(60)67-46(2,3)4)27-50(62)42(66-43(58)31-18-13-10-14-19-31)40-48(7,33(54)26-34-49(40,61)28-63-34)41(57)38(56)36(29)47(50,5)6/h9-14,16-19,32-34,37-40,42,54,56,61-62H,15,20-28H2,1-8H3,(H,51,60)/t32-,33-,34+,37-,38+,39+,40?,42-,48+,49-,50+/m0/s1. The van der Waals surface area contributed by atoms with E-state index >= 15 is 4.79 Å². The largest absolute Gasteiger partial charge is 0.455 e. The van der Waals surface area contributed by atoms with Crippen LogP contribution in [-0.2, 0) is 38.1 Å². The van der Waals surface area contributed by atoms with Crippen LogP contribution >= 0.6 is 0 Å². The number of Topliss-reactive ketones (excluding diaryl/α,β-unsaturated/α-hetero) is 1. The zero-order chi connectivity index (χ0) is 48.9. The summed E-state index contributed by atoms with van der Waals surface area (Å²) in [6.45, 7) is 14.7. The van der Waals surface area contributed by atoms with Crippen molar-refractivity contribution in [2.45, 2.75) is 134 Å². The first-order chi connectivity index (χ1) is 31.4. The van der Waals surface area contributed by atoms with E-state index in [1.54, 1.807) is 83.1 Å². The molecule has 1 unspecified atom stereocenters. The predicted molar refractivity (Wildman–Crippen MR) is 241 cm³/mol. The molecule has 2 aromatic carbocycles. The molecule has 5 aliphatic rings. The zero-order valence-electron chi connectivity index (χ0n) is 39.7. The molecule has 366 valence electrons. The van der Waals surface area contributed by atoms with Gasteiger partial charge in [-0.1, -0.05) is 62.4 Å². The van der Waals surface area contributed by atoms with Gasteiger partial charge in [-0.15, -0.1) is 0 Å². The summed E-state index contributed by atoms with van der Waals surface area (Å²) in [4.78, 5) is 76.0. The van der Waals surface area contributed by atoms with Crippen LogP contribution in [0.15, 0.2) is 71.8 Å². The first-order valence-corrected chi connectivity index (χ1v) is 23.2. The first-order valence-electron chi connectivity index (χ1n) is 23.2. The van der Waals surface area contributed by atoms with Crippen LogP contribution in [0, 0.1) is 16.7 Å². The SMILES string of the molecule is CC1=C2[C@@H](O)C(=O)[C@@]3(C)C([C@H](OC(=O)c4ccccc4)[C@](O)(C[C@@H]1OC(=O)[C@H](OC(=O)CCCN1CCN(C)CC1)[C@@H](NC(=O)OC(C)(C)C)c1ccccc1)C2(C)C)[C@]1(O)CO[C@@H]1C[C@@H]3O. The number of aliphatic hydroxyl groups is 4. The van der Waals surface area contributed by atoms with E-state index in [9.17, 15) is 39.6 Å². The number of alkyl carbamates (subject to hydrolysis) is 1. The van der Waals surface area contributed by atoms with E-state index in [2.05, 4.69) is 15.1 Å². The summed E-state index contributed by atoms with van der Waals surface area (Å²) in [7, 11) is 2.05. The van der Waals surface area contributed by atoms with E-state index < -0.39 is 112 Å². The number of likely N-dealkylation sites (N-methyl/N-ethyl adjacent to an activating group) is 1. The van der Waals surface area contributed by atoms with Gasteiger partial charge in [0.05, 0.1) is 29.8 Å². The molecular formula is C50H67N3O14. The fourth-order valence-electron chi connectivity index (χ4n) is 11.0. The van der Waals surface area contributed by atoms with Crippen LogP contribution in [0.2, 0.25) is 0 Å². The third kappa shape index (κ3) is 9.52. The Morgan fingerprint density at radius 3 is 2.15 bits per heavy atom. The molecule has 2 heterocycles. The lowest BCUT2D eigenvalue weighted by Gasteiger charge is -2.66. The number of nitrogens with zero attached hydrogens (tertiary/aromatic N) is 2. The number of fused-ring (bicyclic) bond motifs is 5. The summed E-state index contributed by atoms with van der Waals surface area (Å²) in [5.41, 5.74) is -8.33. The molecule has 7 rings (SSSR count). The molecule has 11 atom stereocenters. The van der Waals surface area contributed by atoms with Crippen LogP contribution < -0.4 is 5.32 Å². The molecule has 2 bridgehead atoms. The summed E-state index contributed by atoms with van der Waals surface area (Å²) >= 11 is 0. The third-order valence-corrected chi connectivity index (χ3v) is 15.0. The molecule has 4 fully saturated rings. The van der Waals surface area contributed by atoms with Crippen molar-refractivity contribution in [1.82, 2.24) is 15.1 Å². The highest BCUT2D eigenvalue weighted by atomic mass is 16.6. The van der Waals surface area contributed by atoms with E-state index in [1.807, 2.05) is 7.05 Å². The molecule has 17 nitrogen and oxygen atoms in total. The van der Waals surface area contributed by atoms with Crippen molar-refractivity contribution in [1.29, 1.82) is 0 Å². The summed E-state index contributed by atoms with van der Waals surface area (Å²) in [5, 5.41) is 52.9. The highest BCUT2D eigenvalue weighted by Crippen LogP contribution is 2.63. The number of nitrogens with one attached hydrogen (secondary N) is 1. The Hall–Kier alpha value is -4.75. The Morgan fingerprint density at radius 2 is 1.55 bits per heavy atom. The Morgan fingerprint density at radius 1 is 0.925 bits per heavy atom. The molecule has 2 aliphatic heterocycles. The monoisotopic (exact) mass is 933 g/mol. The fraction of sp³-hybridized carbons (Fsp3) is 0.620. The number of ketones is 1. The lowest BCUT2D eigenvalue weighted by atomic mass is 9.44. The zero-order valence-corrected chi connectivity index (χ0v) is 39.7. The van der Waals surface area contributed by atoms with Crippen molar-refractivity contribution >= 4 is 29.8 Å². The maximum Gasteiger partial charge on any atom is 0.408 e. The highest BCUT2D eigenvalue weighted by Gasteiger charge is 2.76. The fourth-order valence-corrected chi connectivity index (χ4v) is 11.0. The molecule has 67 heavy (non-hydrogen) atoms. The summed E-state index contributed by atoms with van der Waals surface area (Å²) < 4.78 is 30.0. The molecule has 0 aromatic heterocycles. The summed E-state index contributed by atoms with van der Waals surface area (Å²) in [6, 6.07) is 14.9. The number of esters is 3. The van der Waals surface area contributed by atoms with Gasteiger partial charge in [0.15, 0.2) is 5.78 Å². The average molecular weight is 934 g/mol. The van der Waals surface area contributed by atoms with Crippen LogP contribution in [-0.4, -0.2) is 160 Å². The molecule has 5 N–H and O–H groups in total. The van der Waals surface area contributed by atoms with E-state index in [1.165, 1.54) is 26.0 Å². The number of hydrogen-bond acceptors (Lipinski definition) is 16. The lowest BCUT2D eigenvalue weighted by molar-refractivity contribution is -0.343. The Balaban J connectivity index is 1.29. The van der Waals surface area contributed by atoms with Crippen LogP contribution in [0.4, 0.5) is 4.79 Å². The van der Waals surface area contributed by atoms with Gasteiger partial charge in [-0.2, -0.15) is 0 Å². The van der Waals surface area contributed by atoms with Gasteiger partial charge in [0.2, 0.25) is 6.10 Å². The Labute approximate surface area is 391 Å². The lowest BCUT2D eigenvalue weighted by Crippen LogP contribution is -2.81. The molecule has 1 amide bonds. The van der Waals surface area contributed by atoms with Gasteiger partial charge in [-0.3, -0.25) is 9.59 Å². The second-order valence-electron chi connectivity index (χ2n) is 20.7. The van der Waals surface area contributed by atoms with E-state index in [-0.39, 0.29) is 36.2 Å². The van der Waals surface area contributed by atoms with Gasteiger partial charge in [-0.25, -0.2) is 14.4 Å². The molecule has 2 saturated heterocycles. The number of carbonyl (C=O) groups excluding carboxylic acids is 5. The Kier molecular flexibility index (Phi) is 14.2. The minimum Gasteiger partial charge on any atom is -0.455 e. The van der Waals surface area contributed by atoms with Crippen molar-refractivity contribution in [3.8, 4) is 0 Å². The normalized spacial score (nSPS) is 32.7. The van der Waals surface area contributed by atoms with Crippen molar-refractivity contribution in [3.05, 3.63) is 82.9 Å². The Bertz CT molecular complexity index is 2210. The average Bonchev–Trinajstić information content (AvgIpc) is 3.27. The second-order valence-corrected chi connectivity index (χ2v) is 20.7. The van der Waals surface area contributed by atoms with Gasteiger partial charge in [0.1, 0.15) is 41.2 Å². The molecule has 2 aromatic rings. The van der Waals surface area contributed by atoms with Crippen molar-refractivity contribution < 1.29 is 68.1 Å². The smallest absolute Gasteiger partial charge is 0.408 e. The quantitative estimate of drug-likeness (QED) is 0.117. The van der Waals surface area contributed by atoms with Gasteiger partial charge in [0.25, 0.3) is 0 Å². The number of piperazine rings is 1. The number of ether oxygens (including phenoxy) is 5. The number of hydrogen-bond donors (Lipinski definition) is 5. The van der Waals surface area contributed by atoms with Crippen molar-refractivity contribution in [2.24, 2.45) is 16.7 Å². The van der Waals surface area contributed by atoms with Gasteiger partial charge in [-0.05, 0) is 83.5 Å². The number of rotatable bonds is 12. The van der Waals surface area contributed by atoms with Crippen LogP contribution in [0.3, 0.4) is 0 Å². The predicted octanol–water partition coefficient (Wildman–Crippen LogP) is 3.27. The van der Waals surface area contributed by atoms with E-state index in [4.69, 9.17) is 23.7 Å². The number of carbonyl (C=O) groups is 5. The maximum absolute atomic E-state index is 15.0. The molecule has 0 radical (unpaired) electrons. The van der Waals surface area contributed by atoms with E-state index in [0.717, 1.165) is 26.2 Å². The van der Waals surface area contributed by atoms with E-state index in [0.29, 0.717) is 18.5 Å². The van der Waals surface area contributed by atoms with Crippen LogP contribution in [0.1, 0.15) is 96.1 Å². The topological polar surface area (TPSA) is 231 Å². The molecule has 3 aliphatic carbocycles. The van der Waals surface area contributed by atoms with Crippen LogP contribution in [0.25, 0.3) is 0 Å². The van der Waals surface area contributed by atoms with Crippen LogP contribution in [0.5, 0.6) is 0 Å². The van der Waals surface area contributed by atoms with Gasteiger partial charge < -0.3 is 59.2 Å². The van der Waals surface area contributed by atoms with Crippen molar-refractivity contribution in [2.75, 3.05) is 46.4 Å². The highest BCUT2D eigenvalue weighted by molar-refractivity contribution is 5.94. The first kappa shape index (κ1) is 50.1.